The zero-order chi connectivity index (χ0) is 13.5. The third-order valence-corrected chi connectivity index (χ3v) is 3.02. The average Bonchev–Trinajstić information content (AvgIpc) is 2.87. The molecule has 0 aliphatic rings. The van der Waals surface area contributed by atoms with Crippen molar-refractivity contribution in [3.63, 3.8) is 0 Å². The molecule has 2 aromatic rings. The fourth-order valence-corrected chi connectivity index (χ4v) is 2.00. The molecule has 1 heterocycles. The second-order valence-corrected chi connectivity index (χ2v) is 4.89. The molecule has 19 heavy (non-hydrogen) atoms. The van der Waals surface area contributed by atoms with Crippen molar-refractivity contribution in [3.8, 4) is 5.75 Å². The van der Waals surface area contributed by atoms with Gasteiger partial charge in [0.15, 0.2) is 0 Å². The minimum Gasteiger partial charge on any atom is -0.494 e. The van der Waals surface area contributed by atoms with Crippen molar-refractivity contribution >= 4 is 22.4 Å². The van der Waals surface area contributed by atoms with Gasteiger partial charge in [0.2, 0.25) is 11.0 Å². The lowest BCUT2D eigenvalue weighted by Crippen LogP contribution is -2.12. The van der Waals surface area contributed by atoms with Crippen LogP contribution in [-0.2, 0) is 4.79 Å². The Morgan fingerprint density at radius 3 is 3.11 bits per heavy atom. The quantitative estimate of drug-likeness (QED) is 0.824. The summed E-state index contributed by atoms with van der Waals surface area (Å²) in [5, 5.41) is 10.6. The van der Waals surface area contributed by atoms with Gasteiger partial charge in [0.25, 0.3) is 0 Å². The average molecular weight is 277 g/mol. The zero-order valence-electron chi connectivity index (χ0n) is 10.6. The van der Waals surface area contributed by atoms with Crippen molar-refractivity contribution in [2.75, 3.05) is 11.9 Å². The summed E-state index contributed by atoms with van der Waals surface area (Å²) in [6.07, 6.45) is 1.07. The minimum atomic E-state index is -0.0652. The Kier molecular flexibility index (Phi) is 4.85. The van der Waals surface area contributed by atoms with Crippen LogP contribution in [0, 0.1) is 6.92 Å². The second kappa shape index (κ2) is 6.84. The Morgan fingerprint density at radius 1 is 1.47 bits per heavy atom. The molecular weight excluding hydrogens is 262 g/mol. The van der Waals surface area contributed by atoms with E-state index >= 15 is 0 Å². The van der Waals surface area contributed by atoms with Gasteiger partial charge in [-0.2, -0.15) is 0 Å². The molecule has 0 aliphatic carbocycles. The fourth-order valence-electron chi connectivity index (χ4n) is 1.54. The Bertz CT molecular complexity index is 528. The Balaban J connectivity index is 1.65. The maximum absolute atomic E-state index is 11.5. The summed E-state index contributed by atoms with van der Waals surface area (Å²) in [7, 11) is 0. The van der Waals surface area contributed by atoms with Gasteiger partial charge in [-0.3, -0.25) is 4.79 Å². The van der Waals surface area contributed by atoms with Crippen molar-refractivity contribution in [1.82, 2.24) is 10.2 Å². The molecule has 2 rings (SSSR count). The fraction of sp³-hybridized carbons (Fsp3) is 0.308. The lowest BCUT2D eigenvalue weighted by atomic mass is 10.2. The van der Waals surface area contributed by atoms with Crippen LogP contribution in [0.1, 0.15) is 18.4 Å². The van der Waals surface area contributed by atoms with Gasteiger partial charge in [0.1, 0.15) is 11.3 Å². The van der Waals surface area contributed by atoms with Crippen molar-refractivity contribution in [1.29, 1.82) is 0 Å². The summed E-state index contributed by atoms with van der Waals surface area (Å²) < 4.78 is 5.57. The van der Waals surface area contributed by atoms with E-state index < -0.39 is 0 Å². The Labute approximate surface area is 115 Å². The minimum absolute atomic E-state index is 0.0652. The van der Waals surface area contributed by atoms with E-state index in [-0.39, 0.29) is 5.91 Å². The third kappa shape index (κ3) is 4.67. The van der Waals surface area contributed by atoms with Crippen LogP contribution >= 0.6 is 11.3 Å². The van der Waals surface area contributed by atoms with E-state index in [4.69, 9.17) is 4.74 Å². The van der Waals surface area contributed by atoms with Crippen LogP contribution in [0.3, 0.4) is 0 Å². The first-order valence-electron chi connectivity index (χ1n) is 5.99. The first-order chi connectivity index (χ1) is 9.24. The lowest BCUT2D eigenvalue weighted by Gasteiger charge is -2.06. The van der Waals surface area contributed by atoms with Crippen LogP contribution in [0.15, 0.2) is 29.8 Å². The first-order valence-corrected chi connectivity index (χ1v) is 6.87. The number of anilines is 1. The van der Waals surface area contributed by atoms with E-state index in [0.717, 1.165) is 11.3 Å². The second-order valence-electron chi connectivity index (χ2n) is 4.06. The molecule has 0 radical (unpaired) electrons. The number of rotatable bonds is 6. The molecule has 0 saturated heterocycles. The van der Waals surface area contributed by atoms with Crippen molar-refractivity contribution in [3.05, 3.63) is 35.3 Å². The van der Waals surface area contributed by atoms with Crippen LogP contribution in [0.2, 0.25) is 0 Å². The highest BCUT2D eigenvalue weighted by atomic mass is 32.1. The summed E-state index contributed by atoms with van der Waals surface area (Å²) in [6, 6.07) is 7.85. The molecule has 0 saturated carbocycles. The number of carbonyl (C=O) groups is 1. The van der Waals surface area contributed by atoms with Crippen molar-refractivity contribution in [2.45, 2.75) is 19.8 Å². The molecule has 0 fully saturated rings. The van der Waals surface area contributed by atoms with E-state index in [1.165, 1.54) is 11.3 Å². The van der Waals surface area contributed by atoms with Gasteiger partial charge in [-0.1, -0.05) is 23.5 Å². The number of ether oxygens (including phenoxy) is 1. The monoisotopic (exact) mass is 277 g/mol. The van der Waals surface area contributed by atoms with Gasteiger partial charge in [-0.25, -0.2) is 0 Å². The normalized spacial score (nSPS) is 10.2. The number of hydrogen-bond acceptors (Lipinski definition) is 5. The smallest absolute Gasteiger partial charge is 0.226 e. The molecule has 0 spiro atoms. The molecule has 1 N–H and O–H groups in total. The largest absolute Gasteiger partial charge is 0.494 e. The standard InChI is InChI=1S/C13H15N3O2S/c1-10-4-2-5-11(8-10)18-7-3-6-12(17)15-13-16-14-9-19-13/h2,4-5,8-9H,3,6-7H2,1H3,(H,15,16,17). The summed E-state index contributed by atoms with van der Waals surface area (Å²) in [5.41, 5.74) is 2.74. The SMILES string of the molecule is Cc1cccc(OCCCC(=O)Nc2nncs2)c1. The number of benzene rings is 1. The maximum Gasteiger partial charge on any atom is 0.226 e. The van der Waals surface area contributed by atoms with Gasteiger partial charge in [0.05, 0.1) is 6.61 Å². The zero-order valence-corrected chi connectivity index (χ0v) is 11.4. The van der Waals surface area contributed by atoms with Gasteiger partial charge >= 0.3 is 0 Å². The molecule has 0 unspecified atom stereocenters. The number of aryl methyl sites for hydroxylation is 1. The number of carbonyl (C=O) groups excluding carboxylic acids is 1. The number of amides is 1. The van der Waals surface area contributed by atoms with Crippen LogP contribution in [0.5, 0.6) is 5.75 Å². The van der Waals surface area contributed by atoms with E-state index in [1.807, 2.05) is 31.2 Å². The molecule has 1 amide bonds. The summed E-state index contributed by atoms with van der Waals surface area (Å²) in [4.78, 5) is 11.5. The molecule has 0 aliphatic heterocycles. The summed E-state index contributed by atoms with van der Waals surface area (Å²) in [6.45, 7) is 2.54. The molecular formula is C13H15N3O2S. The van der Waals surface area contributed by atoms with Crippen LogP contribution in [0.25, 0.3) is 0 Å². The lowest BCUT2D eigenvalue weighted by molar-refractivity contribution is -0.116. The Morgan fingerprint density at radius 2 is 2.37 bits per heavy atom. The first kappa shape index (κ1) is 13.5. The van der Waals surface area contributed by atoms with E-state index in [2.05, 4.69) is 15.5 Å². The maximum atomic E-state index is 11.5. The van der Waals surface area contributed by atoms with Gasteiger partial charge in [-0.05, 0) is 31.0 Å². The van der Waals surface area contributed by atoms with Crippen LogP contribution in [0.4, 0.5) is 5.13 Å². The van der Waals surface area contributed by atoms with Gasteiger partial charge < -0.3 is 10.1 Å². The van der Waals surface area contributed by atoms with E-state index in [0.29, 0.717) is 24.6 Å². The molecule has 100 valence electrons. The molecule has 5 nitrogen and oxygen atoms in total. The molecule has 6 heteroatoms. The van der Waals surface area contributed by atoms with E-state index in [1.54, 1.807) is 5.51 Å². The highest BCUT2D eigenvalue weighted by Gasteiger charge is 2.04. The number of nitrogens with zero attached hydrogens (tertiary/aromatic N) is 2. The van der Waals surface area contributed by atoms with Crippen molar-refractivity contribution < 1.29 is 9.53 Å². The highest BCUT2D eigenvalue weighted by molar-refractivity contribution is 7.13. The summed E-state index contributed by atoms with van der Waals surface area (Å²) >= 11 is 1.30. The molecule has 1 aromatic carbocycles. The van der Waals surface area contributed by atoms with Gasteiger partial charge in [-0.15, -0.1) is 10.2 Å². The topological polar surface area (TPSA) is 64.1 Å². The number of nitrogens with one attached hydrogen (secondary N) is 1. The molecule has 0 atom stereocenters. The number of hydrogen-bond donors (Lipinski definition) is 1. The predicted molar refractivity (Wildman–Crippen MR) is 74.4 cm³/mol. The summed E-state index contributed by atoms with van der Waals surface area (Å²) in [5.74, 6) is 0.772. The Hall–Kier alpha value is -1.95. The predicted octanol–water partition coefficient (Wildman–Crippen LogP) is 2.64. The van der Waals surface area contributed by atoms with Gasteiger partial charge in [0, 0.05) is 6.42 Å². The third-order valence-electron chi connectivity index (χ3n) is 2.41. The van der Waals surface area contributed by atoms with Crippen molar-refractivity contribution in [2.24, 2.45) is 0 Å². The van der Waals surface area contributed by atoms with E-state index in [9.17, 15) is 4.79 Å². The highest BCUT2D eigenvalue weighted by Crippen LogP contribution is 2.13. The van der Waals surface area contributed by atoms with Crippen LogP contribution < -0.4 is 10.1 Å². The molecule has 0 bridgehead atoms. The van der Waals surface area contributed by atoms with Crippen LogP contribution in [-0.4, -0.2) is 22.7 Å². The molecule has 1 aromatic heterocycles. The number of aromatic nitrogens is 2.